The van der Waals surface area contributed by atoms with Gasteiger partial charge in [0.2, 0.25) is 11.8 Å². The standard InChI is InChI=1S/C29H34ClN3O4S/c1-5-27(29(35)31-21(2)3)32(19-23-13-11-22(4)12-14-23)28(34)20-33(25-17-15-24(30)16-18-25)38(36,37)26-9-7-6-8-10-26/h6-18,21,27H,5,19-20H2,1-4H3,(H,31,35)/t27-/m0/s1. The fraction of sp³-hybridized carbons (Fsp3) is 0.310. The molecule has 0 fully saturated rings. The van der Waals surface area contributed by atoms with E-state index in [2.05, 4.69) is 5.32 Å². The lowest BCUT2D eigenvalue weighted by atomic mass is 10.1. The van der Waals surface area contributed by atoms with E-state index in [9.17, 15) is 18.0 Å². The molecule has 0 heterocycles. The Kier molecular flexibility index (Phi) is 9.94. The minimum atomic E-state index is -4.10. The van der Waals surface area contributed by atoms with E-state index in [0.717, 1.165) is 15.4 Å². The molecule has 0 aliphatic carbocycles. The predicted octanol–water partition coefficient (Wildman–Crippen LogP) is 5.18. The highest BCUT2D eigenvalue weighted by Crippen LogP contribution is 2.26. The Morgan fingerprint density at radius 3 is 2.08 bits per heavy atom. The van der Waals surface area contributed by atoms with Crippen LogP contribution in [-0.4, -0.2) is 43.8 Å². The van der Waals surface area contributed by atoms with Crippen molar-refractivity contribution >= 4 is 39.1 Å². The maximum absolute atomic E-state index is 13.9. The first kappa shape index (κ1) is 29.2. The third kappa shape index (κ3) is 7.36. The first-order valence-electron chi connectivity index (χ1n) is 12.5. The minimum Gasteiger partial charge on any atom is -0.352 e. The van der Waals surface area contributed by atoms with Crippen molar-refractivity contribution in [2.45, 2.75) is 57.6 Å². The summed E-state index contributed by atoms with van der Waals surface area (Å²) in [5.41, 5.74) is 2.20. The number of nitrogens with zero attached hydrogens (tertiary/aromatic N) is 2. The lowest BCUT2D eigenvalue weighted by Gasteiger charge is -2.33. The van der Waals surface area contributed by atoms with Crippen LogP contribution < -0.4 is 9.62 Å². The molecule has 0 unspecified atom stereocenters. The fourth-order valence-corrected chi connectivity index (χ4v) is 5.61. The zero-order valence-electron chi connectivity index (χ0n) is 22.1. The number of carbonyl (C=O) groups is 2. The van der Waals surface area contributed by atoms with E-state index < -0.39 is 28.5 Å². The summed E-state index contributed by atoms with van der Waals surface area (Å²) < 4.78 is 28.5. The molecule has 3 rings (SSSR count). The molecule has 0 saturated carbocycles. The van der Waals surface area contributed by atoms with E-state index in [0.29, 0.717) is 17.1 Å². The fourth-order valence-electron chi connectivity index (χ4n) is 4.05. The quantitative estimate of drug-likeness (QED) is 0.353. The van der Waals surface area contributed by atoms with Crippen LogP contribution in [0.15, 0.2) is 83.8 Å². The second-order valence-electron chi connectivity index (χ2n) is 9.40. The van der Waals surface area contributed by atoms with Crippen LogP contribution in [-0.2, 0) is 26.2 Å². The average Bonchev–Trinajstić information content (AvgIpc) is 2.89. The van der Waals surface area contributed by atoms with Gasteiger partial charge in [-0.3, -0.25) is 13.9 Å². The largest absolute Gasteiger partial charge is 0.352 e. The molecule has 0 aromatic heterocycles. The molecule has 1 N–H and O–H groups in total. The zero-order valence-corrected chi connectivity index (χ0v) is 23.7. The topological polar surface area (TPSA) is 86.8 Å². The molecule has 9 heteroatoms. The first-order valence-corrected chi connectivity index (χ1v) is 14.3. The summed E-state index contributed by atoms with van der Waals surface area (Å²) in [5, 5.41) is 3.33. The summed E-state index contributed by atoms with van der Waals surface area (Å²) in [6.45, 7) is 7.17. The molecule has 0 bridgehead atoms. The summed E-state index contributed by atoms with van der Waals surface area (Å²) in [5.74, 6) is -0.780. The molecule has 0 radical (unpaired) electrons. The number of aryl methyl sites for hydroxylation is 1. The SMILES string of the molecule is CC[C@@H](C(=O)NC(C)C)N(Cc1ccc(C)cc1)C(=O)CN(c1ccc(Cl)cc1)S(=O)(=O)c1ccccc1. The van der Waals surface area contributed by atoms with Crippen molar-refractivity contribution in [1.82, 2.24) is 10.2 Å². The third-order valence-corrected chi connectivity index (χ3v) is 8.06. The molecular formula is C29H34ClN3O4S. The van der Waals surface area contributed by atoms with Crippen molar-refractivity contribution < 1.29 is 18.0 Å². The predicted molar refractivity (Wildman–Crippen MR) is 152 cm³/mol. The van der Waals surface area contributed by atoms with Gasteiger partial charge in [0.25, 0.3) is 10.0 Å². The van der Waals surface area contributed by atoms with Gasteiger partial charge in [-0.25, -0.2) is 8.42 Å². The van der Waals surface area contributed by atoms with Gasteiger partial charge >= 0.3 is 0 Å². The van der Waals surface area contributed by atoms with E-state index in [1.807, 2.05) is 52.0 Å². The van der Waals surface area contributed by atoms with Gasteiger partial charge in [0.05, 0.1) is 10.6 Å². The highest BCUT2D eigenvalue weighted by Gasteiger charge is 2.33. The Bertz CT molecular complexity index is 1330. The van der Waals surface area contributed by atoms with Crippen molar-refractivity contribution in [3.8, 4) is 0 Å². The van der Waals surface area contributed by atoms with Crippen LogP contribution in [0.5, 0.6) is 0 Å². The highest BCUT2D eigenvalue weighted by molar-refractivity contribution is 7.92. The zero-order chi connectivity index (χ0) is 27.9. The number of anilines is 1. The molecule has 1 atom stereocenters. The van der Waals surface area contributed by atoms with E-state index in [1.54, 1.807) is 42.5 Å². The number of hydrogen-bond acceptors (Lipinski definition) is 4. The van der Waals surface area contributed by atoms with Crippen LogP contribution in [0, 0.1) is 6.92 Å². The number of carbonyl (C=O) groups excluding carboxylic acids is 2. The molecule has 2 amide bonds. The van der Waals surface area contributed by atoms with Gasteiger partial charge in [0.15, 0.2) is 0 Å². The van der Waals surface area contributed by atoms with Crippen molar-refractivity contribution in [3.63, 3.8) is 0 Å². The van der Waals surface area contributed by atoms with Gasteiger partial charge in [-0.1, -0.05) is 66.6 Å². The summed E-state index contributed by atoms with van der Waals surface area (Å²) in [7, 11) is -4.10. The lowest BCUT2D eigenvalue weighted by Crippen LogP contribution is -2.53. The van der Waals surface area contributed by atoms with Crippen LogP contribution in [0.25, 0.3) is 0 Å². The molecule has 0 spiro atoms. The first-order chi connectivity index (χ1) is 18.0. The Morgan fingerprint density at radius 1 is 0.921 bits per heavy atom. The van der Waals surface area contributed by atoms with Gasteiger partial charge < -0.3 is 10.2 Å². The molecule has 3 aromatic carbocycles. The van der Waals surface area contributed by atoms with Crippen LogP contribution >= 0.6 is 11.6 Å². The second-order valence-corrected chi connectivity index (χ2v) is 11.7. The molecule has 0 saturated heterocycles. The normalized spacial score (nSPS) is 12.2. The number of nitrogens with one attached hydrogen (secondary N) is 1. The molecule has 0 aliphatic heterocycles. The monoisotopic (exact) mass is 555 g/mol. The smallest absolute Gasteiger partial charge is 0.264 e. The van der Waals surface area contributed by atoms with Gasteiger partial charge in [-0.2, -0.15) is 0 Å². The van der Waals surface area contributed by atoms with Crippen molar-refractivity contribution in [2.24, 2.45) is 0 Å². The summed E-state index contributed by atoms with van der Waals surface area (Å²) >= 11 is 6.05. The Morgan fingerprint density at radius 2 is 1.53 bits per heavy atom. The average molecular weight is 556 g/mol. The minimum absolute atomic E-state index is 0.0532. The van der Waals surface area contributed by atoms with Crippen molar-refractivity contribution in [2.75, 3.05) is 10.8 Å². The maximum Gasteiger partial charge on any atom is 0.264 e. The Hall–Kier alpha value is -3.36. The molecule has 38 heavy (non-hydrogen) atoms. The summed E-state index contributed by atoms with van der Waals surface area (Å²) in [4.78, 5) is 28.6. The maximum atomic E-state index is 13.9. The molecule has 0 aliphatic rings. The van der Waals surface area contributed by atoms with Gasteiger partial charge in [0.1, 0.15) is 12.6 Å². The van der Waals surface area contributed by atoms with Gasteiger partial charge in [0, 0.05) is 17.6 Å². The summed E-state index contributed by atoms with van der Waals surface area (Å²) in [6.07, 6.45) is 0.364. The van der Waals surface area contributed by atoms with E-state index in [-0.39, 0.29) is 23.4 Å². The second kappa shape index (κ2) is 12.9. The van der Waals surface area contributed by atoms with Crippen LogP contribution in [0.4, 0.5) is 5.69 Å². The van der Waals surface area contributed by atoms with E-state index in [4.69, 9.17) is 11.6 Å². The molecular weight excluding hydrogens is 522 g/mol. The Labute approximate surface area is 230 Å². The molecule has 7 nitrogen and oxygen atoms in total. The number of rotatable bonds is 11. The van der Waals surface area contributed by atoms with Crippen molar-refractivity contribution in [3.05, 3.63) is 95.0 Å². The van der Waals surface area contributed by atoms with Crippen LogP contribution in [0.3, 0.4) is 0 Å². The number of benzene rings is 3. The number of amides is 2. The van der Waals surface area contributed by atoms with Crippen molar-refractivity contribution in [1.29, 1.82) is 0 Å². The summed E-state index contributed by atoms with van der Waals surface area (Å²) in [6, 6.07) is 21.0. The lowest BCUT2D eigenvalue weighted by molar-refractivity contribution is -0.140. The molecule has 3 aromatic rings. The van der Waals surface area contributed by atoms with E-state index in [1.165, 1.54) is 17.0 Å². The van der Waals surface area contributed by atoms with Crippen LogP contribution in [0.2, 0.25) is 5.02 Å². The van der Waals surface area contributed by atoms with Crippen LogP contribution in [0.1, 0.15) is 38.3 Å². The van der Waals surface area contributed by atoms with Gasteiger partial charge in [-0.05, 0) is 69.2 Å². The number of hydrogen-bond donors (Lipinski definition) is 1. The van der Waals surface area contributed by atoms with E-state index >= 15 is 0 Å². The Balaban J connectivity index is 2.04. The third-order valence-electron chi connectivity index (χ3n) is 6.02. The van der Waals surface area contributed by atoms with Gasteiger partial charge in [-0.15, -0.1) is 0 Å². The highest BCUT2D eigenvalue weighted by atomic mass is 35.5. The number of sulfonamides is 1. The number of halogens is 1. The molecule has 202 valence electrons.